The molecular formula is C16H14BrFO. The monoisotopic (exact) mass is 320 g/mol. The molecule has 3 rings (SSSR count). The predicted octanol–water partition coefficient (Wildman–Crippen LogP) is 3.66. The summed E-state index contributed by atoms with van der Waals surface area (Å²) < 4.78 is 14.6. The topological polar surface area (TPSA) is 20.2 Å². The average molecular weight is 321 g/mol. The number of aliphatic hydroxyl groups is 1. The van der Waals surface area contributed by atoms with Crippen LogP contribution in [0.2, 0.25) is 0 Å². The highest BCUT2D eigenvalue weighted by atomic mass is 79.9. The minimum atomic E-state index is -0.863. The summed E-state index contributed by atoms with van der Waals surface area (Å²) in [6, 6.07) is 13.0. The number of fused-ring (bicyclic) bond motifs is 1. The van der Waals surface area contributed by atoms with Crippen molar-refractivity contribution in [3.05, 3.63) is 69.4 Å². The second-order valence-corrected chi connectivity index (χ2v) is 6.17. The van der Waals surface area contributed by atoms with Gasteiger partial charge in [-0.15, -0.1) is 0 Å². The van der Waals surface area contributed by atoms with Crippen molar-refractivity contribution in [3.8, 4) is 0 Å². The smallest absolute Gasteiger partial charge is 0.127 e. The van der Waals surface area contributed by atoms with Crippen LogP contribution in [-0.4, -0.2) is 10.7 Å². The molecule has 0 saturated carbocycles. The molecule has 1 aliphatic rings. The molecule has 0 amide bonds. The quantitative estimate of drug-likeness (QED) is 0.895. The van der Waals surface area contributed by atoms with Crippen molar-refractivity contribution in [1.29, 1.82) is 0 Å². The van der Waals surface area contributed by atoms with Crippen LogP contribution < -0.4 is 0 Å². The first-order chi connectivity index (χ1) is 9.06. The third-order valence-corrected chi connectivity index (χ3v) is 4.19. The van der Waals surface area contributed by atoms with E-state index in [0.717, 1.165) is 4.47 Å². The Balaban J connectivity index is 1.85. The molecule has 0 fully saturated rings. The Labute approximate surface area is 120 Å². The maximum Gasteiger partial charge on any atom is 0.127 e. The molecule has 1 nitrogen and oxygen atoms in total. The lowest BCUT2D eigenvalue weighted by Crippen LogP contribution is -2.32. The molecule has 19 heavy (non-hydrogen) atoms. The van der Waals surface area contributed by atoms with Gasteiger partial charge in [-0.25, -0.2) is 4.39 Å². The minimum absolute atomic E-state index is 0.265. The third-order valence-electron chi connectivity index (χ3n) is 3.69. The largest absolute Gasteiger partial charge is 0.389 e. The van der Waals surface area contributed by atoms with Crippen LogP contribution in [0, 0.1) is 5.82 Å². The van der Waals surface area contributed by atoms with Crippen molar-refractivity contribution < 1.29 is 9.50 Å². The number of hydrogen-bond acceptors (Lipinski definition) is 1. The lowest BCUT2D eigenvalue weighted by molar-refractivity contribution is 0.0509. The Hall–Kier alpha value is -1.19. The summed E-state index contributed by atoms with van der Waals surface area (Å²) in [7, 11) is 0. The van der Waals surface area contributed by atoms with Gasteiger partial charge in [0.05, 0.1) is 5.60 Å². The maximum absolute atomic E-state index is 13.9. The fraction of sp³-hybridized carbons (Fsp3) is 0.250. The van der Waals surface area contributed by atoms with Gasteiger partial charge < -0.3 is 5.11 Å². The number of hydrogen-bond donors (Lipinski definition) is 1. The molecular weight excluding hydrogens is 307 g/mol. The summed E-state index contributed by atoms with van der Waals surface area (Å²) in [6.07, 6.45) is 1.54. The van der Waals surface area contributed by atoms with Gasteiger partial charge >= 0.3 is 0 Å². The standard InChI is InChI=1S/C16H14BrFO/c17-14-6-5-13(15(18)7-14)10-16(19)8-11-3-1-2-4-12(11)9-16/h1-7,19H,8-10H2. The van der Waals surface area contributed by atoms with E-state index in [1.807, 2.05) is 30.3 Å². The van der Waals surface area contributed by atoms with Crippen molar-refractivity contribution in [2.45, 2.75) is 24.9 Å². The zero-order chi connectivity index (χ0) is 13.5. The predicted molar refractivity (Wildman–Crippen MR) is 76.6 cm³/mol. The Morgan fingerprint density at radius 3 is 2.32 bits per heavy atom. The van der Waals surface area contributed by atoms with Gasteiger partial charge in [0.1, 0.15) is 5.82 Å². The molecule has 0 aliphatic heterocycles. The zero-order valence-corrected chi connectivity index (χ0v) is 12.0. The van der Waals surface area contributed by atoms with Crippen LogP contribution in [0.25, 0.3) is 0 Å². The van der Waals surface area contributed by atoms with Gasteiger partial charge in [-0.1, -0.05) is 46.3 Å². The van der Waals surface area contributed by atoms with Gasteiger partial charge in [0.2, 0.25) is 0 Å². The highest BCUT2D eigenvalue weighted by Crippen LogP contribution is 2.33. The summed E-state index contributed by atoms with van der Waals surface area (Å²) in [5.74, 6) is -0.265. The summed E-state index contributed by atoms with van der Waals surface area (Å²) in [5, 5.41) is 10.7. The number of rotatable bonds is 2. The summed E-state index contributed by atoms with van der Waals surface area (Å²) in [4.78, 5) is 0. The number of benzene rings is 2. The van der Waals surface area contributed by atoms with E-state index < -0.39 is 5.60 Å². The van der Waals surface area contributed by atoms with Gasteiger partial charge in [0, 0.05) is 23.7 Å². The molecule has 0 bridgehead atoms. The molecule has 0 radical (unpaired) electrons. The van der Waals surface area contributed by atoms with Crippen LogP contribution in [0.1, 0.15) is 16.7 Å². The van der Waals surface area contributed by atoms with Gasteiger partial charge in [0.15, 0.2) is 0 Å². The van der Waals surface area contributed by atoms with Crippen LogP contribution in [0.5, 0.6) is 0 Å². The fourth-order valence-corrected chi connectivity index (χ4v) is 3.15. The molecule has 0 saturated heterocycles. The Kier molecular flexibility index (Phi) is 3.19. The molecule has 0 heterocycles. The molecule has 98 valence electrons. The minimum Gasteiger partial charge on any atom is -0.389 e. The maximum atomic E-state index is 13.9. The van der Waals surface area contributed by atoms with Gasteiger partial charge in [0.25, 0.3) is 0 Å². The molecule has 2 aromatic rings. The van der Waals surface area contributed by atoms with Gasteiger partial charge in [-0.3, -0.25) is 0 Å². The van der Waals surface area contributed by atoms with E-state index in [2.05, 4.69) is 15.9 Å². The molecule has 3 heteroatoms. The van der Waals surface area contributed by atoms with Crippen LogP contribution in [0.3, 0.4) is 0 Å². The Morgan fingerprint density at radius 2 is 1.74 bits per heavy atom. The summed E-state index contributed by atoms with van der Waals surface area (Å²) in [5.41, 5.74) is 2.04. The van der Waals surface area contributed by atoms with Gasteiger partial charge in [-0.05, 0) is 28.8 Å². The van der Waals surface area contributed by atoms with Crippen molar-refractivity contribution in [3.63, 3.8) is 0 Å². The first-order valence-corrected chi connectivity index (χ1v) is 7.08. The first kappa shape index (κ1) is 12.8. The summed E-state index contributed by atoms with van der Waals surface area (Å²) >= 11 is 3.24. The van der Waals surface area contributed by atoms with Crippen LogP contribution in [-0.2, 0) is 19.3 Å². The SMILES string of the molecule is OC1(Cc2ccc(Br)cc2F)Cc2ccccc2C1. The summed E-state index contributed by atoms with van der Waals surface area (Å²) in [6.45, 7) is 0. The lowest BCUT2D eigenvalue weighted by Gasteiger charge is -2.22. The highest BCUT2D eigenvalue weighted by molar-refractivity contribution is 9.10. The lowest BCUT2D eigenvalue weighted by atomic mass is 9.91. The van der Waals surface area contributed by atoms with E-state index in [4.69, 9.17) is 0 Å². The van der Waals surface area contributed by atoms with E-state index in [-0.39, 0.29) is 5.82 Å². The second-order valence-electron chi connectivity index (χ2n) is 5.26. The van der Waals surface area contributed by atoms with Gasteiger partial charge in [-0.2, -0.15) is 0 Å². The van der Waals surface area contributed by atoms with E-state index in [1.165, 1.54) is 17.2 Å². The van der Waals surface area contributed by atoms with Crippen LogP contribution >= 0.6 is 15.9 Å². The van der Waals surface area contributed by atoms with Crippen molar-refractivity contribution >= 4 is 15.9 Å². The third kappa shape index (κ3) is 2.58. The molecule has 0 spiro atoms. The van der Waals surface area contributed by atoms with Crippen molar-refractivity contribution in [2.24, 2.45) is 0 Å². The van der Waals surface area contributed by atoms with E-state index in [9.17, 15) is 9.50 Å². The first-order valence-electron chi connectivity index (χ1n) is 6.29. The molecule has 0 atom stereocenters. The Bertz CT molecular complexity index is 599. The average Bonchev–Trinajstić information content (AvgIpc) is 2.69. The zero-order valence-electron chi connectivity index (χ0n) is 10.4. The highest BCUT2D eigenvalue weighted by Gasteiger charge is 2.35. The molecule has 1 aliphatic carbocycles. The molecule has 2 aromatic carbocycles. The molecule has 0 aromatic heterocycles. The normalized spacial score (nSPS) is 16.4. The van der Waals surface area contributed by atoms with Crippen molar-refractivity contribution in [2.75, 3.05) is 0 Å². The fourth-order valence-electron chi connectivity index (χ4n) is 2.82. The van der Waals surface area contributed by atoms with E-state index in [0.29, 0.717) is 24.8 Å². The van der Waals surface area contributed by atoms with E-state index >= 15 is 0 Å². The van der Waals surface area contributed by atoms with Crippen LogP contribution in [0.15, 0.2) is 46.9 Å². The van der Waals surface area contributed by atoms with Crippen LogP contribution in [0.4, 0.5) is 4.39 Å². The van der Waals surface area contributed by atoms with Crippen molar-refractivity contribution in [1.82, 2.24) is 0 Å². The molecule has 1 N–H and O–H groups in total. The second kappa shape index (κ2) is 4.73. The Morgan fingerprint density at radius 1 is 1.11 bits per heavy atom. The van der Waals surface area contributed by atoms with E-state index in [1.54, 1.807) is 6.07 Å². The number of halogens is 2. The molecule has 0 unspecified atom stereocenters.